The fourth-order valence-electron chi connectivity index (χ4n) is 2.36. The Morgan fingerprint density at radius 1 is 1.08 bits per heavy atom. The Kier molecular flexibility index (Phi) is 6.98. The molecule has 1 atom stereocenters. The van der Waals surface area contributed by atoms with Gasteiger partial charge in [-0.1, -0.05) is 48.0 Å². The van der Waals surface area contributed by atoms with E-state index in [2.05, 4.69) is 10.6 Å². The van der Waals surface area contributed by atoms with Gasteiger partial charge < -0.3 is 16.4 Å². The van der Waals surface area contributed by atoms with E-state index in [9.17, 15) is 9.59 Å². The minimum Gasteiger partial charge on any atom is -0.356 e. The first-order valence-corrected chi connectivity index (χ1v) is 8.47. The Morgan fingerprint density at radius 3 is 2.52 bits per heavy atom. The molecule has 0 saturated carbocycles. The second-order valence-corrected chi connectivity index (χ2v) is 6.19. The quantitative estimate of drug-likeness (QED) is 0.709. The smallest absolute Gasteiger partial charge is 0.226 e. The summed E-state index contributed by atoms with van der Waals surface area (Å²) in [5, 5.41) is 6.11. The molecule has 0 saturated heterocycles. The summed E-state index contributed by atoms with van der Waals surface area (Å²) in [4.78, 5) is 23.9. The van der Waals surface area contributed by atoms with Gasteiger partial charge in [-0.2, -0.15) is 0 Å². The summed E-state index contributed by atoms with van der Waals surface area (Å²) in [7, 11) is 0. The van der Waals surface area contributed by atoms with Gasteiger partial charge in [0.2, 0.25) is 11.8 Å². The third-order valence-corrected chi connectivity index (χ3v) is 4.26. The highest BCUT2D eigenvalue weighted by atomic mass is 35.5. The van der Waals surface area contributed by atoms with Crippen molar-refractivity contribution in [2.45, 2.75) is 25.8 Å². The van der Waals surface area contributed by atoms with Gasteiger partial charge in [-0.25, -0.2) is 0 Å². The highest BCUT2D eigenvalue weighted by Crippen LogP contribution is 2.22. The highest BCUT2D eigenvalue weighted by Gasteiger charge is 2.12. The average Bonchev–Trinajstić information content (AvgIpc) is 2.59. The summed E-state index contributed by atoms with van der Waals surface area (Å²) in [6.07, 6.45) is 0.358. The van der Waals surface area contributed by atoms with Crippen molar-refractivity contribution >= 4 is 29.1 Å². The SMILES string of the molecule is Cc1c(Cl)cccc1NC(=O)CCNC(=O)CC(N)c1ccccc1. The predicted molar refractivity (Wildman–Crippen MR) is 100 cm³/mol. The molecule has 132 valence electrons. The number of hydrogen-bond donors (Lipinski definition) is 3. The third kappa shape index (κ3) is 5.89. The van der Waals surface area contributed by atoms with Crippen molar-refractivity contribution in [3.05, 3.63) is 64.7 Å². The zero-order valence-corrected chi connectivity index (χ0v) is 14.8. The Bertz CT molecular complexity index is 735. The first kappa shape index (κ1) is 19.0. The fraction of sp³-hybridized carbons (Fsp3) is 0.263. The lowest BCUT2D eigenvalue weighted by molar-refractivity contribution is -0.121. The molecule has 0 spiro atoms. The molecule has 2 aromatic rings. The molecule has 0 aliphatic rings. The van der Waals surface area contributed by atoms with Crippen LogP contribution in [0, 0.1) is 6.92 Å². The molecule has 0 fully saturated rings. The zero-order valence-electron chi connectivity index (χ0n) is 14.1. The lowest BCUT2D eigenvalue weighted by Gasteiger charge is -2.12. The van der Waals surface area contributed by atoms with Gasteiger partial charge in [0.1, 0.15) is 0 Å². The molecule has 5 nitrogen and oxygen atoms in total. The van der Waals surface area contributed by atoms with Gasteiger partial charge in [0.15, 0.2) is 0 Å². The first-order chi connectivity index (χ1) is 12.0. The van der Waals surface area contributed by atoms with E-state index < -0.39 is 0 Å². The normalized spacial score (nSPS) is 11.6. The van der Waals surface area contributed by atoms with Gasteiger partial charge in [0, 0.05) is 36.1 Å². The minimum absolute atomic E-state index is 0.178. The lowest BCUT2D eigenvalue weighted by atomic mass is 10.0. The molecule has 0 heterocycles. The van der Waals surface area contributed by atoms with Crippen molar-refractivity contribution in [1.29, 1.82) is 0 Å². The minimum atomic E-state index is -0.357. The van der Waals surface area contributed by atoms with Gasteiger partial charge >= 0.3 is 0 Å². The van der Waals surface area contributed by atoms with Crippen molar-refractivity contribution in [2.24, 2.45) is 5.73 Å². The Hall–Kier alpha value is -2.37. The number of carbonyl (C=O) groups excluding carboxylic acids is 2. The maximum atomic E-state index is 12.0. The number of nitrogens with one attached hydrogen (secondary N) is 2. The monoisotopic (exact) mass is 359 g/mol. The van der Waals surface area contributed by atoms with Crippen LogP contribution in [0.25, 0.3) is 0 Å². The molecule has 4 N–H and O–H groups in total. The summed E-state index contributed by atoms with van der Waals surface area (Å²) in [5.41, 5.74) is 8.41. The van der Waals surface area contributed by atoms with Crippen molar-refractivity contribution in [3.63, 3.8) is 0 Å². The van der Waals surface area contributed by atoms with Gasteiger partial charge in [-0.15, -0.1) is 0 Å². The van der Waals surface area contributed by atoms with Crippen molar-refractivity contribution in [2.75, 3.05) is 11.9 Å². The Morgan fingerprint density at radius 2 is 1.80 bits per heavy atom. The predicted octanol–water partition coefficient (Wildman–Crippen LogP) is 3.18. The van der Waals surface area contributed by atoms with Crippen LogP contribution in [0.15, 0.2) is 48.5 Å². The standard InChI is InChI=1S/C19H22ClN3O2/c1-13-15(20)8-5-9-17(13)23-18(24)10-11-22-19(25)12-16(21)14-6-3-2-4-7-14/h2-9,16H,10-12,21H2,1H3,(H,22,25)(H,23,24). The van der Waals surface area contributed by atoms with Crippen molar-refractivity contribution in [3.8, 4) is 0 Å². The number of nitrogens with two attached hydrogens (primary N) is 1. The summed E-state index contributed by atoms with van der Waals surface area (Å²) in [5.74, 6) is -0.360. The molecule has 0 bridgehead atoms. The van der Waals surface area contributed by atoms with Crippen LogP contribution in [-0.4, -0.2) is 18.4 Å². The maximum Gasteiger partial charge on any atom is 0.226 e. The molecule has 0 aliphatic heterocycles. The van der Waals surface area contributed by atoms with Crippen LogP contribution < -0.4 is 16.4 Å². The zero-order chi connectivity index (χ0) is 18.2. The summed E-state index contributed by atoms with van der Waals surface area (Å²) >= 11 is 6.02. The number of anilines is 1. The van der Waals surface area contributed by atoms with E-state index in [4.69, 9.17) is 17.3 Å². The van der Waals surface area contributed by atoms with Crippen LogP contribution in [0.3, 0.4) is 0 Å². The number of hydrogen-bond acceptors (Lipinski definition) is 3. The van der Waals surface area contributed by atoms with Crippen LogP contribution in [0.2, 0.25) is 5.02 Å². The van der Waals surface area contributed by atoms with E-state index >= 15 is 0 Å². The van der Waals surface area contributed by atoms with Crippen LogP contribution in [0.4, 0.5) is 5.69 Å². The number of carbonyl (C=O) groups is 2. The summed E-state index contributed by atoms with van der Waals surface area (Å²) < 4.78 is 0. The van der Waals surface area contributed by atoms with E-state index in [1.165, 1.54) is 0 Å². The second-order valence-electron chi connectivity index (χ2n) is 5.78. The third-order valence-electron chi connectivity index (χ3n) is 3.85. The average molecular weight is 360 g/mol. The largest absolute Gasteiger partial charge is 0.356 e. The number of amides is 2. The number of benzene rings is 2. The molecule has 0 radical (unpaired) electrons. The van der Waals surface area contributed by atoms with E-state index in [1.54, 1.807) is 18.2 Å². The van der Waals surface area contributed by atoms with Crippen molar-refractivity contribution < 1.29 is 9.59 Å². The van der Waals surface area contributed by atoms with Gasteiger partial charge in [0.05, 0.1) is 0 Å². The summed E-state index contributed by atoms with van der Waals surface area (Å²) in [6, 6.07) is 14.4. The van der Waals surface area contributed by atoms with E-state index in [-0.39, 0.29) is 37.2 Å². The van der Waals surface area contributed by atoms with Crippen LogP contribution in [0.1, 0.15) is 30.0 Å². The molecular weight excluding hydrogens is 338 g/mol. The van der Waals surface area contributed by atoms with Crippen LogP contribution >= 0.6 is 11.6 Å². The number of rotatable bonds is 7. The molecule has 2 rings (SSSR count). The molecule has 0 aliphatic carbocycles. The molecular formula is C19H22ClN3O2. The van der Waals surface area contributed by atoms with Gasteiger partial charge in [0.25, 0.3) is 0 Å². The van der Waals surface area contributed by atoms with Crippen molar-refractivity contribution in [1.82, 2.24) is 5.32 Å². The van der Waals surface area contributed by atoms with Gasteiger partial charge in [-0.3, -0.25) is 9.59 Å². The maximum absolute atomic E-state index is 12.0. The van der Waals surface area contributed by atoms with Crippen LogP contribution in [-0.2, 0) is 9.59 Å². The van der Waals surface area contributed by atoms with Gasteiger partial charge in [-0.05, 0) is 30.2 Å². The highest BCUT2D eigenvalue weighted by molar-refractivity contribution is 6.31. The molecule has 6 heteroatoms. The molecule has 1 unspecified atom stereocenters. The van der Waals surface area contributed by atoms with E-state index in [1.807, 2.05) is 37.3 Å². The van der Waals surface area contributed by atoms with E-state index in [0.29, 0.717) is 10.7 Å². The molecule has 2 amide bonds. The Labute approximate surface area is 152 Å². The van der Waals surface area contributed by atoms with E-state index in [0.717, 1.165) is 11.1 Å². The topological polar surface area (TPSA) is 84.2 Å². The fourth-order valence-corrected chi connectivity index (χ4v) is 2.54. The lowest BCUT2D eigenvalue weighted by Crippen LogP contribution is -2.30. The summed E-state index contributed by atoms with van der Waals surface area (Å²) in [6.45, 7) is 2.09. The molecule has 2 aromatic carbocycles. The Balaban J connectivity index is 1.73. The molecule has 25 heavy (non-hydrogen) atoms. The number of halogens is 1. The molecule has 0 aromatic heterocycles. The van der Waals surface area contributed by atoms with Crippen LogP contribution in [0.5, 0.6) is 0 Å². The second kappa shape index (κ2) is 9.20. The first-order valence-electron chi connectivity index (χ1n) is 8.09.